The van der Waals surface area contributed by atoms with Crippen molar-refractivity contribution in [1.82, 2.24) is 14.5 Å². The molecule has 2 aliphatic heterocycles. The number of aryl methyl sites for hydroxylation is 1. The van der Waals surface area contributed by atoms with E-state index in [0.717, 1.165) is 60.7 Å². The molecule has 1 amide bonds. The third kappa shape index (κ3) is 5.11. The molecule has 2 aliphatic rings. The normalized spacial score (nSPS) is 17.8. The largest absolute Gasteiger partial charge is 0.495 e. The zero-order valence-electron chi connectivity index (χ0n) is 20.7. The standard InChI is InChI=1S/C29H34N4O2/c1-22-19-33(21-30-22)27-13-12-23(18-28(27)35-2)17-24-10-8-16-32(29(24)34)20-25-9-4-5-11-26(25)31-14-6-3-7-15-31/h4-5,9,11-13,17-19,21H,3,6-8,10,14-16,20H2,1-2H3/b24-17+. The number of nitrogens with zero attached hydrogens (tertiary/aromatic N) is 4. The minimum Gasteiger partial charge on any atom is -0.495 e. The van der Waals surface area contributed by atoms with E-state index in [-0.39, 0.29) is 5.91 Å². The van der Waals surface area contributed by atoms with Crippen molar-refractivity contribution in [2.24, 2.45) is 0 Å². The van der Waals surface area contributed by atoms with Crippen molar-refractivity contribution in [2.75, 3.05) is 31.6 Å². The summed E-state index contributed by atoms with van der Waals surface area (Å²) in [6.07, 6.45) is 11.4. The summed E-state index contributed by atoms with van der Waals surface area (Å²) in [6.45, 7) is 5.63. The average Bonchev–Trinajstić information content (AvgIpc) is 3.33. The number of hydrogen-bond donors (Lipinski definition) is 0. The summed E-state index contributed by atoms with van der Waals surface area (Å²) in [7, 11) is 1.67. The highest BCUT2D eigenvalue weighted by Crippen LogP contribution is 2.30. The summed E-state index contributed by atoms with van der Waals surface area (Å²) in [4.78, 5) is 22.3. The van der Waals surface area contributed by atoms with Crippen LogP contribution in [-0.4, -0.2) is 47.1 Å². The number of hydrogen-bond acceptors (Lipinski definition) is 4. The second-order valence-electron chi connectivity index (χ2n) is 9.53. The molecular formula is C29H34N4O2. The van der Waals surface area contributed by atoms with Gasteiger partial charge in [-0.3, -0.25) is 4.79 Å². The van der Waals surface area contributed by atoms with Crippen molar-refractivity contribution in [3.05, 3.63) is 77.4 Å². The molecule has 5 rings (SSSR count). The van der Waals surface area contributed by atoms with Gasteiger partial charge in [0.25, 0.3) is 0 Å². The topological polar surface area (TPSA) is 50.6 Å². The third-order valence-corrected chi connectivity index (χ3v) is 7.02. The SMILES string of the molecule is COc1cc(/C=C2\CCCN(Cc3ccccc3N3CCCCC3)C2=O)ccc1-n1cnc(C)c1. The molecule has 1 aromatic heterocycles. The molecule has 0 unspecified atom stereocenters. The Morgan fingerprint density at radius 3 is 2.60 bits per heavy atom. The van der Waals surface area contributed by atoms with E-state index >= 15 is 0 Å². The molecule has 0 saturated carbocycles. The van der Waals surface area contributed by atoms with Gasteiger partial charge in [0.05, 0.1) is 24.8 Å². The summed E-state index contributed by atoms with van der Waals surface area (Å²) in [5, 5.41) is 0. The molecule has 0 bridgehead atoms. The lowest BCUT2D eigenvalue weighted by Crippen LogP contribution is -2.37. The van der Waals surface area contributed by atoms with Gasteiger partial charge in [-0.2, -0.15) is 0 Å². The summed E-state index contributed by atoms with van der Waals surface area (Å²) >= 11 is 0. The maximum absolute atomic E-state index is 13.5. The van der Waals surface area contributed by atoms with Crippen LogP contribution in [0.1, 0.15) is 48.9 Å². The van der Waals surface area contributed by atoms with E-state index in [0.29, 0.717) is 6.54 Å². The van der Waals surface area contributed by atoms with Gasteiger partial charge in [-0.25, -0.2) is 4.98 Å². The molecule has 0 spiro atoms. The van der Waals surface area contributed by atoms with Crippen molar-refractivity contribution in [3.8, 4) is 11.4 Å². The first-order valence-electron chi connectivity index (χ1n) is 12.6. The van der Waals surface area contributed by atoms with E-state index in [4.69, 9.17) is 4.74 Å². The van der Waals surface area contributed by atoms with Crippen LogP contribution in [0.3, 0.4) is 0 Å². The highest BCUT2D eigenvalue weighted by Gasteiger charge is 2.25. The Bertz CT molecular complexity index is 1220. The fraction of sp³-hybridized carbons (Fsp3) is 0.379. The Labute approximate surface area is 207 Å². The second-order valence-corrected chi connectivity index (χ2v) is 9.53. The number of imidazole rings is 1. The number of benzene rings is 2. The van der Waals surface area contributed by atoms with Crippen molar-refractivity contribution < 1.29 is 9.53 Å². The van der Waals surface area contributed by atoms with E-state index in [1.54, 1.807) is 13.4 Å². The number of methoxy groups -OCH3 is 1. The summed E-state index contributed by atoms with van der Waals surface area (Å²) in [5.74, 6) is 0.894. The van der Waals surface area contributed by atoms with E-state index < -0.39 is 0 Å². The number of amides is 1. The summed E-state index contributed by atoms with van der Waals surface area (Å²) in [5.41, 5.74) is 6.24. The lowest BCUT2D eigenvalue weighted by Gasteiger charge is -2.33. The Kier molecular flexibility index (Phi) is 6.89. The fourth-order valence-electron chi connectivity index (χ4n) is 5.20. The lowest BCUT2D eigenvalue weighted by molar-refractivity contribution is -0.129. The van der Waals surface area contributed by atoms with Crippen LogP contribution < -0.4 is 9.64 Å². The number of likely N-dealkylation sites (tertiary alicyclic amines) is 1. The number of ether oxygens (including phenoxy) is 1. The molecule has 6 heteroatoms. The van der Waals surface area contributed by atoms with Gasteiger partial charge in [-0.05, 0) is 74.4 Å². The Balaban J connectivity index is 1.36. The smallest absolute Gasteiger partial charge is 0.250 e. The number of anilines is 1. The van der Waals surface area contributed by atoms with Crippen molar-refractivity contribution in [2.45, 2.75) is 45.6 Å². The van der Waals surface area contributed by atoms with Crippen LogP contribution >= 0.6 is 0 Å². The van der Waals surface area contributed by atoms with Gasteiger partial charge in [-0.1, -0.05) is 24.3 Å². The van der Waals surface area contributed by atoms with Crippen LogP contribution in [0.2, 0.25) is 0 Å². The molecule has 182 valence electrons. The summed E-state index contributed by atoms with van der Waals surface area (Å²) in [6, 6.07) is 14.6. The first-order valence-corrected chi connectivity index (χ1v) is 12.6. The maximum Gasteiger partial charge on any atom is 0.250 e. The van der Waals surface area contributed by atoms with E-state index in [1.165, 1.54) is 30.5 Å². The molecule has 0 N–H and O–H groups in total. The number of carbonyl (C=O) groups is 1. The average molecular weight is 471 g/mol. The monoisotopic (exact) mass is 470 g/mol. The van der Waals surface area contributed by atoms with Gasteiger partial charge in [-0.15, -0.1) is 0 Å². The van der Waals surface area contributed by atoms with Gasteiger partial charge >= 0.3 is 0 Å². The quantitative estimate of drug-likeness (QED) is 0.454. The molecule has 2 aromatic carbocycles. The van der Waals surface area contributed by atoms with Crippen LogP contribution in [0, 0.1) is 6.92 Å². The van der Waals surface area contributed by atoms with Gasteiger partial charge in [0, 0.05) is 43.6 Å². The zero-order chi connectivity index (χ0) is 24.2. The number of piperidine rings is 2. The Morgan fingerprint density at radius 1 is 1.00 bits per heavy atom. The molecule has 0 aliphatic carbocycles. The first-order chi connectivity index (χ1) is 17.1. The van der Waals surface area contributed by atoms with Gasteiger partial charge in [0.15, 0.2) is 0 Å². The molecule has 3 aromatic rings. The third-order valence-electron chi connectivity index (χ3n) is 7.02. The van der Waals surface area contributed by atoms with Crippen LogP contribution in [0.25, 0.3) is 11.8 Å². The maximum atomic E-state index is 13.5. The van der Waals surface area contributed by atoms with Crippen molar-refractivity contribution in [1.29, 1.82) is 0 Å². The van der Waals surface area contributed by atoms with Crippen LogP contribution in [0.15, 0.2) is 60.6 Å². The van der Waals surface area contributed by atoms with Crippen molar-refractivity contribution >= 4 is 17.7 Å². The number of rotatable bonds is 6. The predicted molar refractivity (Wildman–Crippen MR) is 140 cm³/mol. The fourth-order valence-corrected chi connectivity index (χ4v) is 5.20. The minimum atomic E-state index is 0.137. The highest BCUT2D eigenvalue weighted by atomic mass is 16.5. The molecule has 2 saturated heterocycles. The molecule has 0 atom stereocenters. The van der Waals surface area contributed by atoms with E-state index in [2.05, 4.69) is 34.1 Å². The molecule has 35 heavy (non-hydrogen) atoms. The van der Waals surface area contributed by atoms with Crippen LogP contribution in [-0.2, 0) is 11.3 Å². The predicted octanol–water partition coefficient (Wildman–Crippen LogP) is 5.39. The first kappa shape index (κ1) is 23.2. The molecule has 2 fully saturated rings. The number of aromatic nitrogens is 2. The number of para-hydroxylation sites is 1. The van der Waals surface area contributed by atoms with Gasteiger partial charge in [0.2, 0.25) is 5.91 Å². The minimum absolute atomic E-state index is 0.137. The van der Waals surface area contributed by atoms with Crippen LogP contribution in [0.5, 0.6) is 5.75 Å². The second kappa shape index (κ2) is 10.4. The van der Waals surface area contributed by atoms with Gasteiger partial charge < -0.3 is 19.1 Å². The summed E-state index contributed by atoms with van der Waals surface area (Å²) < 4.78 is 7.62. The van der Waals surface area contributed by atoms with Gasteiger partial charge in [0.1, 0.15) is 5.75 Å². The lowest BCUT2D eigenvalue weighted by atomic mass is 9.99. The molecule has 0 radical (unpaired) electrons. The number of carbonyl (C=O) groups excluding carboxylic acids is 1. The Hall–Kier alpha value is -3.54. The highest BCUT2D eigenvalue weighted by molar-refractivity contribution is 5.98. The zero-order valence-corrected chi connectivity index (χ0v) is 20.7. The van der Waals surface area contributed by atoms with Crippen LogP contribution in [0.4, 0.5) is 5.69 Å². The molecule has 6 nitrogen and oxygen atoms in total. The van der Waals surface area contributed by atoms with E-state index in [1.807, 2.05) is 46.9 Å². The Morgan fingerprint density at radius 2 is 1.83 bits per heavy atom. The molecular weight excluding hydrogens is 436 g/mol. The molecule has 3 heterocycles. The van der Waals surface area contributed by atoms with E-state index in [9.17, 15) is 4.79 Å². The van der Waals surface area contributed by atoms with Crippen molar-refractivity contribution in [3.63, 3.8) is 0 Å².